The predicted molar refractivity (Wildman–Crippen MR) is 104 cm³/mol. The van der Waals surface area contributed by atoms with Gasteiger partial charge in [0.25, 0.3) is 0 Å². The van der Waals surface area contributed by atoms with Crippen LogP contribution in [0, 0.1) is 5.92 Å². The Hall–Kier alpha value is -2.05. The molecule has 0 unspecified atom stereocenters. The number of aliphatic carboxylic acids is 1. The molecule has 0 aliphatic heterocycles. The van der Waals surface area contributed by atoms with Gasteiger partial charge in [0.05, 0.1) is 18.5 Å². The molecule has 1 aromatic heterocycles. The fourth-order valence-corrected chi connectivity index (χ4v) is 4.44. The number of hydrogen-bond donors (Lipinski definition) is 1. The fraction of sp³-hybridized carbons (Fsp3) is 0.400. The molecule has 0 spiro atoms. The van der Waals surface area contributed by atoms with Gasteiger partial charge in [-0.2, -0.15) is 0 Å². The van der Waals surface area contributed by atoms with Gasteiger partial charge in [-0.15, -0.1) is 11.3 Å². The minimum atomic E-state index is -0.950. The molecule has 1 aromatic carbocycles. The largest absolute Gasteiger partial charge is 0.481 e. The van der Waals surface area contributed by atoms with Crippen molar-refractivity contribution >= 4 is 40.5 Å². The molecule has 1 saturated carbocycles. The van der Waals surface area contributed by atoms with Gasteiger partial charge in [-0.25, -0.2) is 4.98 Å². The highest BCUT2D eigenvalue weighted by Gasteiger charge is 2.26. The first-order valence-corrected chi connectivity index (χ1v) is 10.2. The van der Waals surface area contributed by atoms with E-state index in [4.69, 9.17) is 16.7 Å². The minimum Gasteiger partial charge on any atom is -0.481 e. The summed E-state index contributed by atoms with van der Waals surface area (Å²) in [5.74, 6) is -0.908. The van der Waals surface area contributed by atoms with Crippen LogP contribution in [-0.2, 0) is 28.9 Å². The van der Waals surface area contributed by atoms with Crippen molar-refractivity contribution in [1.82, 2.24) is 4.98 Å². The molecule has 1 aliphatic carbocycles. The van der Waals surface area contributed by atoms with Crippen LogP contribution in [-0.4, -0.2) is 27.6 Å². The van der Waals surface area contributed by atoms with Crippen molar-refractivity contribution in [3.05, 3.63) is 50.4 Å². The molecule has 3 rings (SSSR count). The normalized spacial score (nSPS) is 14.4. The number of carboxylic acid groups (broad SMARTS) is 1. The number of halogens is 1. The second-order valence-electron chi connectivity index (χ2n) is 6.84. The Morgan fingerprint density at radius 3 is 2.59 bits per heavy atom. The van der Waals surface area contributed by atoms with Crippen molar-refractivity contribution in [1.29, 1.82) is 0 Å². The van der Waals surface area contributed by atoms with Crippen LogP contribution in [0.5, 0.6) is 0 Å². The summed E-state index contributed by atoms with van der Waals surface area (Å²) in [6.45, 7) is 0. The van der Waals surface area contributed by atoms with Gasteiger partial charge in [0.15, 0.2) is 5.78 Å². The van der Waals surface area contributed by atoms with E-state index in [9.17, 15) is 14.4 Å². The van der Waals surface area contributed by atoms with Gasteiger partial charge in [0.1, 0.15) is 10.8 Å². The van der Waals surface area contributed by atoms with E-state index in [-0.39, 0.29) is 36.7 Å². The number of carboxylic acids is 1. The quantitative estimate of drug-likeness (QED) is 0.667. The third-order valence-corrected chi connectivity index (χ3v) is 5.86. The van der Waals surface area contributed by atoms with Gasteiger partial charge >= 0.3 is 5.97 Å². The molecule has 2 aromatic rings. The van der Waals surface area contributed by atoms with Crippen molar-refractivity contribution in [3.8, 4) is 0 Å². The standard InChI is InChI=1S/C20H20ClNO4S/c21-14-6-5-13(17(8-14)20(26)12-3-1-2-4-12)7-16(23)10-18-22-15(11-27-18)9-19(24)25/h5-6,8,11-12H,1-4,7,9-10H2,(H,24,25). The minimum absolute atomic E-state index is 0.0230. The molecule has 5 nitrogen and oxygen atoms in total. The van der Waals surface area contributed by atoms with Crippen LogP contribution in [0.2, 0.25) is 5.02 Å². The topological polar surface area (TPSA) is 84.3 Å². The Bertz CT molecular complexity index is 871. The fourth-order valence-electron chi connectivity index (χ4n) is 3.45. The smallest absolute Gasteiger partial charge is 0.309 e. The van der Waals surface area contributed by atoms with Crippen molar-refractivity contribution in [2.24, 2.45) is 5.92 Å². The summed E-state index contributed by atoms with van der Waals surface area (Å²) in [6, 6.07) is 5.11. The molecule has 0 amide bonds. The van der Waals surface area contributed by atoms with Crippen LogP contribution in [0.15, 0.2) is 23.6 Å². The Labute approximate surface area is 166 Å². The van der Waals surface area contributed by atoms with Crippen LogP contribution in [0.3, 0.4) is 0 Å². The number of rotatable bonds is 8. The maximum Gasteiger partial charge on any atom is 0.309 e. The zero-order valence-corrected chi connectivity index (χ0v) is 16.3. The summed E-state index contributed by atoms with van der Waals surface area (Å²) in [7, 11) is 0. The zero-order valence-electron chi connectivity index (χ0n) is 14.7. The number of ketones is 2. The van der Waals surface area contributed by atoms with E-state index in [0.717, 1.165) is 25.7 Å². The molecule has 0 bridgehead atoms. The summed E-state index contributed by atoms with van der Waals surface area (Å²) in [5.41, 5.74) is 1.70. The van der Waals surface area contributed by atoms with E-state index in [0.29, 0.717) is 26.9 Å². The number of nitrogens with zero attached hydrogens (tertiary/aromatic N) is 1. The van der Waals surface area contributed by atoms with E-state index in [1.54, 1.807) is 23.6 Å². The summed E-state index contributed by atoms with van der Waals surface area (Å²) >= 11 is 7.37. The van der Waals surface area contributed by atoms with Crippen molar-refractivity contribution in [2.75, 3.05) is 0 Å². The van der Waals surface area contributed by atoms with Gasteiger partial charge in [0, 0.05) is 28.3 Å². The van der Waals surface area contributed by atoms with Crippen molar-refractivity contribution < 1.29 is 19.5 Å². The number of hydrogen-bond acceptors (Lipinski definition) is 5. The van der Waals surface area contributed by atoms with E-state index < -0.39 is 5.97 Å². The SMILES string of the molecule is O=C(O)Cc1csc(CC(=O)Cc2ccc(Cl)cc2C(=O)C2CCCC2)n1. The van der Waals surface area contributed by atoms with Crippen LogP contribution >= 0.6 is 22.9 Å². The van der Waals surface area contributed by atoms with E-state index in [1.807, 2.05) is 0 Å². The Morgan fingerprint density at radius 2 is 1.89 bits per heavy atom. The molecule has 1 aliphatic rings. The molecule has 1 fully saturated rings. The van der Waals surface area contributed by atoms with Crippen molar-refractivity contribution in [3.63, 3.8) is 0 Å². The number of carbonyl (C=O) groups excluding carboxylic acids is 2. The highest BCUT2D eigenvalue weighted by molar-refractivity contribution is 7.09. The third-order valence-electron chi connectivity index (χ3n) is 4.73. The number of thiazole rings is 1. The molecule has 0 atom stereocenters. The van der Waals surface area contributed by atoms with Gasteiger partial charge in [0.2, 0.25) is 0 Å². The summed E-state index contributed by atoms with van der Waals surface area (Å²) in [6.07, 6.45) is 4.03. The Balaban J connectivity index is 1.71. The lowest BCUT2D eigenvalue weighted by Crippen LogP contribution is -2.16. The number of carbonyl (C=O) groups is 3. The molecule has 1 heterocycles. The second-order valence-corrected chi connectivity index (χ2v) is 8.22. The van der Waals surface area contributed by atoms with Gasteiger partial charge in [-0.1, -0.05) is 30.5 Å². The molecule has 142 valence electrons. The summed E-state index contributed by atoms with van der Waals surface area (Å²) < 4.78 is 0. The molecule has 1 N–H and O–H groups in total. The lowest BCUT2D eigenvalue weighted by molar-refractivity contribution is -0.136. The van der Waals surface area contributed by atoms with Gasteiger partial charge < -0.3 is 5.11 Å². The van der Waals surface area contributed by atoms with Crippen LogP contribution in [0.25, 0.3) is 0 Å². The Morgan fingerprint density at radius 1 is 1.15 bits per heavy atom. The monoisotopic (exact) mass is 405 g/mol. The van der Waals surface area contributed by atoms with Crippen LogP contribution in [0.4, 0.5) is 0 Å². The maximum absolute atomic E-state index is 12.8. The third kappa shape index (κ3) is 5.23. The van der Waals surface area contributed by atoms with Gasteiger partial charge in [-0.05, 0) is 30.5 Å². The first-order valence-electron chi connectivity index (χ1n) is 8.92. The van der Waals surface area contributed by atoms with E-state index in [1.165, 1.54) is 11.3 Å². The molecule has 0 radical (unpaired) electrons. The summed E-state index contributed by atoms with van der Waals surface area (Å²) in [4.78, 5) is 40.3. The number of benzene rings is 1. The van der Waals surface area contributed by atoms with Crippen LogP contribution in [0.1, 0.15) is 52.3 Å². The second kappa shape index (κ2) is 8.76. The van der Waals surface area contributed by atoms with E-state index >= 15 is 0 Å². The maximum atomic E-state index is 12.8. The number of aromatic nitrogens is 1. The molecular weight excluding hydrogens is 386 g/mol. The molecule has 7 heteroatoms. The van der Waals surface area contributed by atoms with Crippen molar-refractivity contribution in [2.45, 2.75) is 44.9 Å². The first kappa shape index (κ1) is 19.7. The molecular formula is C20H20ClNO4S. The number of Topliss-reactive ketones (excluding diaryl/α,β-unsaturated/α-hetero) is 2. The molecule has 27 heavy (non-hydrogen) atoms. The zero-order chi connectivity index (χ0) is 19.4. The Kier molecular flexibility index (Phi) is 6.39. The van der Waals surface area contributed by atoms with Crippen LogP contribution < -0.4 is 0 Å². The lowest BCUT2D eigenvalue weighted by Gasteiger charge is -2.13. The lowest BCUT2D eigenvalue weighted by atomic mass is 9.91. The van der Waals surface area contributed by atoms with E-state index in [2.05, 4.69) is 4.98 Å². The molecule has 0 saturated heterocycles. The first-order chi connectivity index (χ1) is 12.9. The highest BCUT2D eigenvalue weighted by Crippen LogP contribution is 2.30. The van der Waals surface area contributed by atoms with Gasteiger partial charge in [-0.3, -0.25) is 14.4 Å². The average molecular weight is 406 g/mol. The highest BCUT2D eigenvalue weighted by atomic mass is 35.5. The predicted octanol–water partition coefficient (Wildman–Crippen LogP) is 4.15. The average Bonchev–Trinajstić information content (AvgIpc) is 3.27. The summed E-state index contributed by atoms with van der Waals surface area (Å²) in [5, 5.41) is 11.5.